The van der Waals surface area contributed by atoms with Gasteiger partial charge in [0.1, 0.15) is 11.4 Å². The highest BCUT2D eigenvalue weighted by atomic mass is 16.5. The normalized spacial score (nSPS) is 26.7. The van der Waals surface area contributed by atoms with Gasteiger partial charge in [0.05, 0.1) is 19.9 Å². The first-order valence-electron chi connectivity index (χ1n) is 9.85. The molecule has 2 aliphatic heterocycles. The number of aliphatic hydroxyl groups excluding tert-OH is 1. The number of benzene rings is 1. The zero-order chi connectivity index (χ0) is 18.9. The maximum Gasteiger partial charge on any atom is 0.144 e. The van der Waals surface area contributed by atoms with Crippen molar-refractivity contribution in [1.29, 1.82) is 0 Å². The summed E-state index contributed by atoms with van der Waals surface area (Å²) in [6.45, 7) is 4.37. The second-order valence-electron chi connectivity index (χ2n) is 8.07. The van der Waals surface area contributed by atoms with E-state index in [0.717, 1.165) is 50.5 Å². The van der Waals surface area contributed by atoms with Gasteiger partial charge in [-0.15, -0.1) is 0 Å². The van der Waals surface area contributed by atoms with Crippen molar-refractivity contribution >= 4 is 0 Å². The zero-order valence-corrected chi connectivity index (χ0v) is 16.3. The Kier molecular flexibility index (Phi) is 5.21. The first-order chi connectivity index (χ1) is 13.1. The van der Waals surface area contributed by atoms with Crippen molar-refractivity contribution in [3.05, 3.63) is 42.2 Å². The Balaban J connectivity index is 1.47. The number of hydrogen-bond donors (Lipinski definition) is 1. The van der Waals surface area contributed by atoms with E-state index in [4.69, 9.17) is 4.74 Å². The zero-order valence-electron chi connectivity index (χ0n) is 16.3. The van der Waals surface area contributed by atoms with Gasteiger partial charge in [-0.2, -0.15) is 5.10 Å². The van der Waals surface area contributed by atoms with Crippen LogP contribution in [0.1, 0.15) is 24.8 Å². The summed E-state index contributed by atoms with van der Waals surface area (Å²) in [6, 6.07) is 8.37. The van der Waals surface area contributed by atoms with E-state index in [0.29, 0.717) is 12.6 Å². The molecule has 2 aliphatic rings. The van der Waals surface area contributed by atoms with Gasteiger partial charge < -0.3 is 14.7 Å². The van der Waals surface area contributed by atoms with Crippen LogP contribution in [0.3, 0.4) is 0 Å². The lowest BCUT2D eigenvalue weighted by atomic mass is 9.69. The topological polar surface area (TPSA) is 53.8 Å². The number of nitrogens with zero attached hydrogens (tertiary/aromatic N) is 4. The molecule has 0 spiro atoms. The first-order valence-corrected chi connectivity index (χ1v) is 9.85. The maximum absolute atomic E-state index is 10.1. The summed E-state index contributed by atoms with van der Waals surface area (Å²) >= 11 is 0. The summed E-state index contributed by atoms with van der Waals surface area (Å²) in [4.78, 5) is 4.95. The van der Waals surface area contributed by atoms with Crippen LogP contribution in [0, 0.1) is 5.41 Å². The highest BCUT2D eigenvalue weighted by Crippen LogP contribution is 2.41. The Bertz CT molecular complexity index is 777. The highest BCUT2D eigenvalue weighted by Gasteiger charge is 2.46. The molecule has 3 heterocycles. The molecule has 2 atom stereocenters. The van der Waals surface area contributed by atoms with E-state index in [1.54, 1.807) is 7.11 Å². The molecule has 2 saturated heterocycles. The quantitative estimate of drug-likeness (QED) is 0.874. The van der Waals surface area contributed by atoms with Crippen molar-refractivity contribution in [2.75, 3.05) is 40.4 Å². The predicted molar refractivity (Wildman–Crippen MR) is 105 cm³/mol. The second kappa shape index (κ2) is 7.62. The van der Waals surface area contributed by atoms with Gasteiger partial charge >= 0.3 is 0 Å². The Hall–Kier alpha value is -1.89. The molecule has 6 heteroatoms. The van der Waals surface area contributed by atoms with Gasteiger partial charge in [0.15, 0.2) is 0 Å². The molecule has 0 aliphatic carbocycles. The molecule has 2 aromatic rings. The largest absolute Gasteiger partial charge is 0.494 e. The minimum Gasteiger partial charge on any atom is -0.494 e. The molecule has 6 nitrogen and oxygen atoms in total. The Morgan fingerprint density at radius 1 is 1.26 bits per heavy atom. The maximum atomic E-state index is 10.1. The fourth-order valence-corrected chi connectivity index (χ4v) is 4.87. The fraction of sp³-hybridized carbons (Fsp3) is 0.571. The van der Waals surface area contributed by atoms with Crippen LogP contribution in [0.5, 0.6) is 5.75 Å². The molecule has 0 unspecified atom stereocenters. The number of ether oxygens (including phenoxy) is 1. The van der Waals surface area contributed by atoms with E-state index in [2.05, 4.69) is 28.1 Å². The molecule has 0 radical (unpaired) electrons. The van der Waals surface area contributed by atoms with Gasteiger partial charge in [-0.05, 0) is 51.5 Å². The SMILES string of the molecule is COc1ccccc1-n1cc(CN2CC[C@@]3(CO)CCCN(C)[C@@H]3C2)cn1. The number of methoxy groups -OCH3 is 1. The molecule has 0 amide bonds. The van der Waals surface area contributed by atoms with Crippen LogP contribution in [0.15, 0.2) is 36.7 Å². The third-order valence-corrected chi connectivity index (χ3v) is 6.47. The molecule has 1 N–H and O–H groups in total. The third kappa shape index (κ3) is 3.49. The summed E-state index contributed by atoms with van der Waals surface area (Å²) in [5.74, 6) is 0.821. The molecule has 146 valence electrons. The standard InChI is InChI=1S/C21H30N4O2/c1-23-10-5-8-21(16-26)9-11-24(15-20(21)23)13-17-12-22-25(14-17)18-6-3-4-7-19(18)27-2/h3-4,6-7,12,14,20,26H,5,8-11,13,15-16H2,1-2H3/t20-,21-/m1/s1. The van der Waals surface area contributed by atoms with Gasteiger partial charge in [0.25, 0.3) is 0 Å². The number of fused-ring (bicyclic) bond motifs is 1. The molecule has 0 bridgehead atoms. The summed E-state index contributed by atoms with van der Waals surface area (Å²) in [7, 11) is 3.89. The van der Waals surface area contributed by atoms with Gasteiger partial charge in [-0.25, -0.2) is 4.68 Å². The van der Waals surface area contributed by atoms with Crippen molar-refractivity contribution in [2.45, 2.75) is 31.8 Å². The minimum absolute atomic E-state index is 0.0884. The third-order valence-electron chi connectivity index (χ3n) is 6.47. The van der Waals surface area contributed by atoms with Crippen LogP contribution < -0.4 is 4.74 Å². The summed E-state index contributed by atoms with van der Waals surface area (Å²) < 4.78 is 7.34. The smallest absolute Gasteiger partial charge is 0.144 e. The molecule has 1 aromatic carbocycles. The lowest BCUT2D eigenvalue weighted by Gasteiger charge is -2.53. The average molecular weight is 370 g/mol. The van der Waals surface area contributed by atoms with Crippen molar-refractivity contribution in [1.82, 2.24) is 19.6 Å². The fourth-order valence-electron chi connectivity index (χ4n) is 4.87. The van der Waals surface area contributed by atoms with E-state index < -0.39 is 0 Å². The van der Waals surface area contributed by atoms with Crippen molar-refractivity contribution in [3.63, 3.8) is 0 Å². The van der Waals surface area contributed by atoms with E-state index in [-0.39, 0.29) is 5.41 Å². The number of piperidine rings is 2. The number of likely N-dealkylation sites (tertiary alicyclic amines) is 2. The van der Waals surface area contributed by atoms with Crippen LogP contribution in [0.4, 0.5) is 0 Å². The van der Waals surface area contributed by atoms with Crippen LogP contribution in [0.25, 0.3) is 5.69 Å². The first kappa shape index (κ1) is 18.5. The number of para-hydroxylation sites is 2. The van der Waals surface area contributed by atoms with Gasteiger partial charge in [0, 0.05) is 36.3 Å². The summed E-state index contributed by atoms with van der Waals surface area (Å²) in [6.07, 6.45) is 7.46. The van der Waals surface area contributed by atoms with Crippen molar-refractivity contribution < 1.29 is 9.84 Å². The van der Waals surface area contributed by atoms with Crippen LogP contribution >= 0.6 is 0 Å². The Labute approximate surface area is 161 Å². The number of hydrogen-bond acceptors (Lipinski definition) is 5. The number of aromatic nitrogens is 2. The molecular weight excluding hydrogens is 340 g/mol. The lowest BCUT2D eigenvalue weighted by molar-refractivity contribution is -0.0684. The van der Waals surface area contributed by atoms with Gasteiger partial charge in [-0.3, -0.25) is 4.90 Å². The van der Waals surface area contributed by atoms with Crippen molar-refractivity contribution in [3.8, 4) is 11.4 Å². The van der Waals surface area contributed by atoms with Gasteiger partial charge in [0.2, 0.25) is 0 Å². The number of rotatable bonds is 5. The number of aliphatic hydroxyl groups is 1. The van der Waals surface area contributed by atoms with E-state index in [9.17, 15) is 5.11 Å². The van der Waals surface area contributed by atoms with E-state index >= 15 is 0 Å². The van der Waals surface area contributed by atoms with Crippen LogP contribution in [-0.2, 0) is 6.54 Å². The van der Waals surface area contributed by atoms with Crippen LogP contribution in [0.2, 0.25) is 0 Å². The van der Waals surface area contributed by atoms with Crippen LogP contribution in [-0.4, -0.2) is 71.1 Å². The van der Waals surface area contributed by atoms with Gasteiger partial charge in [-0.1, -0.05) is 12.1 Å². The Morgan fingerprint density at radius 2 is 2.11 bits per heavy atom. The predicted octanol–water partition coefficient (Wildman–Crippen LogP) is 2.16. The second-order valence-corrected chi connectivity index (χ2v) is 8.07. The average Bonchev–Trinajstić information content (AvgIpc) is 3.17. The molecule has 4 rings (SSSR count). The number of likely N-dealkylation sites (N-methyl/N-ethyl adjacent to an activating group) is 1. The summed E-state index contributed by atoms with van der Waals surface area (Å²) in [5, 5.41) is 14.6. The monoisotopic (exact) mass is 370 g/mol. The summed E-state index contributed by atoms with van der Waals surface area (Å²) in [5.41, 5.74) is 2.25. The molecule has 27 heavy (non-hydrogen) atoms. The molecule has 1 aromatic heterocycles. The van der Waals surface area contributed by atoms with E-state index in [1.807, 2.05) is 35.1 Å². The lowest BCUT2D eigenvalue weighted by Crippen LogP contribution is -2.61. The molecule has 2 fully saturated rings. The minimum atomic E-state index is 0.0884. The molecule has 0 saturated carbocycles. The van der Waals surface area contributed by atoms with Crippen molar-refractivity contribution in [2.24, 2.45) is 5.41 Å². The Morgan fingerprint density at radius 3 is 2.93 bits per heavy atom. The van der Waals surface area contributed by atoms with E-state index in [1.165, 1.54) is 12.0 Å². The molecular formula is C21H30N4O2. The highest BCUT2D eigenvalue weighted by molar-refractivity contribution is 5.46.